The minimum atomic E-state index is -4.40. The highest BCUT2D eigenvalue weighted by atomic mass is 19.4. The van der Waals surface area contributed by atoms with Gasteiger partial charge in [0.1, 0.15) is 5.69 Å². The lowest BCUT2D eigenvalue weighted by atomic mass is 10.0. The van der Waals surface area contributed by atoms with Crippen LogP contribution in [0.4, 0.5) is 18.0 Å². The molecule has 0 spiro atoms. The van der Waals surface area contributed by atoms with Crippen LogP contribution in [0, 0.1) is 0 Å². The van der Waals surface area contributed by atoms with E-state index in [1.54, 1.807) is 0 Å². The molecule has 0 bridgehead atoms. The summed E-state index contributed by atoms with van der Waals surface area (Å²) in [4.78, 5) is 25.0. The molecule has 3 aliphatic rings. The van der Waals surface area contributed by atoms with E-state index in [-0.39, 0.29) is 6.03 Å². The number of hydrogen-bond acceptors (Lipinski definition) is 5. The molecule has 178 valence electrons. The molecular weight excluding hydrogens is 423 g/mol. The molecule has 3 saturated heterocycles. The van der Waals surface area contributed by atoms with Gasteiger partial charge in [0.15, 0.2) is 0 Å². The summed E-state index contributed by atoms with van der Waals surface area (Å²) in [5.41, 5.74) is -0.0363. The summed E-state index contributed by atoms with van der Waals surface area (Å²) in [7, 11) is 0. The van der Waals surface area contributed by atoms with Gasteiger partial charge >= 0.3 is 12.2 Å². The van der Waals surface area contributed by atoms with Crippen LogP contribution in [0.15, 0.2) is 18.3 Å². The van der Waals surface area contributed by atoms with Crippen LogP contribution in [-0.2, 0) is 17.5 Å². The average molecular weight is 456 g/mol. The van der Waals surface area contributed by atoms with Crippen LogP contribution >= 0.6 is 0 Å². The van der Waals surface area contributed by atoms with E-state index in [0.717, 1.165) is 70.2 Å². The third-order valence-electron chi connectivity index (χ3n) is 6.68. The molecule has 10 heteroatoms. The number of pyridine rings is 1. The van der Waals surface area contributed by atoms with Gasteiger partial charge in [-0.3, -0.25) is 14.8 Å². The lowest BCUT2D eigenvalue weighted by Crippen LogP contribution is -2.49. The van der Waals surface area contributed by atoms with Crippen LogP contribution in [0.3, 0.4) is 0 Å². The first-order valence-electron chi connectivity index (χ1n) is 11.5. The molecule has 3 fully saturated rings. The van der Waals surface area contributed by atoms with Crippen molar-refractivity contribution >= 4 is 6.03 Å². The Bertz CT molecular complexity index is 747. The Labute approximate surface area is 187 Å². The van der Waals surface area contributed by atoms with E-state index in [1.807, 2.05) is 9.80 Å². The van der Waals surface area contributed by atoms with Crippen molar-refractivity contribution in [3.63, 3.8) is 0 Å². The third-order valence-corrected chi connectivity index (χ3v) is 6.68. The fraction of sp³-hybridized carbons (Fsp3) is 0.727. The van der Waals surface area contributed by atoms with Crippen molar-refractivity contribution < 1.29 is 22.7 Å². The molecule has 7 nitrogen and oxygen atoms in total. The fourth-order valence-corrected chi connectivity index (χ4v) is 4.83. The van der Waals surface area contributed by atoms with Crippen molar-refractivity contribution in [2.24, 2.45) is 0 Å². The Morgan fingerprint density at radius 1 is 0.969 bits per heavy atom. The minimum absolute atomic E-state index is 0.134. The highest BCUT2D eigenvalue weighted by Gasteiger charge is 2.32. The monoisotopic (exact) mass is 455 g/mol. The van der Waals surface area contributed by atoms with Crippen molar-refractivity contribution in [1.82, 2.24) is 24.6 Å². The molecule has 0 N–H and O–H groups in total. The maximum absolute atomic E-state index is 12.8. The number of ether oxygens (including phenoxy) is 1. The second kappa shape index (κ2) is 10.4. The molecule has 1 aromatic rings. The maximum atomic E-state index is 12.8. The van der Waals surface area contributed by atoms with Gasteiger partial charge in [-0.05, 0) is 44.0 Å². The number of aromatic nitrogens is 1. The second-order valence-corrected chi connectivity index (χ2v) is 8.82. The first-order chi connectivity index (χ1) is 15.4. The first-order valence-corrected chi connectivity index (χ1v) is 11.5. The summed E-state index contributed by atoms with van der Waals surface area (Å²) in [6, 6.07) is 3.21. The van der Waals surface area contributed by atoms with E-state index in [9.17, 15) is 18.0 Å². The third kappa shape index (κ3) is 5.90. The molecule has 4 heterocycles. The fourth-order valence-electron chi connectivity index (χ4n) is 4.83. The predicted molar refractivity (Wildman–Crippen MR) is 113 cm³/mol. The number of rotatable bonds is 3. The molecule has 0 saturated carbocycles. The van der Waals surface area contributed by atoms with Gasteiger partial charge in [-0.25, -0.2) is 4.79 Å². The van der Waals surface area contributed by atoms with Gasteiger partial charge in [0, 0.05) is 58.1 Å². The zero-order chi connectivity index (χ0) is 22.6. The molecule has 32 heavy (non-hydrogen) atoms. The second-order valence-electron chi connectivity index (χ2n) is 8.82. The number of alkyl halides is 3. The van der Waals surface area contributed by atoms with Crippen LogP contribution in [0.5, 0.6) is 0 Å². The SMILES string of the molecule is O=C(N1CCOCC1)N1CCCN(C2CCN(Cc3ccc(C(F)(F)F)nc3)CC2)CC1. The highest BCUT2D eigenvalue weighted by Crippen LogP contribution is 2.27. The van der Waals surface area contributed by atoms with Crippen LogP contribution < -0.4 is 0 Å². The Kier molecular flexibility index (Phi) is 7.52. The Balaban J connectivity index is 1.22. The number of hydrogen-bond donors (Lipinski definition) is 0. The van der Waals surface area contributed by atoms with Gasteiger partial charge in [-0.15, -0.1) is 0 Å². The van der Waals surface area contributed by atoms with Crippen LogP contribution in [0.1, 0.15) is 30.5 Å². The molecule has 0 aromatic carbocycles. The number of amides is 2. The van der Waals surface area contributed by atoms with Crippen molar-refractivity contribution in [2.45, 2.75) is 38.0 Å². The predicted octanol–water partition coefficient (Wildman–Crippen LogP) is 2.52. The summed E-state index contributed by atoms with van der Waals surface area (Å²) >= 11 is 0. The average Bonchev–Trinajstić information content (AvgIpc) is 3.06. The van der Waals surface area contributed by atoms with Gasteiger partial charge in [0.05, 0.1) is 13.2 Å². The number of carbonyl (C=O) groups is 1. The Hall–Kier alpha value is -1.91. The van der Waals surface area contributed by atoms with Gasteiger partial charge < -0.3 is 14.5 Å². The number of carbonyl (C=O) groups excluding carboxylic acids is 1. The molecule has 4 rings (SSSR count). The Morgan fingerprint density at radius 2 is 1.69 bits per heavy atom. The first kappa shape index (κ1) is 23.3. The van der Waals surface area contributed by atoms with Crippen LogP contribution in [0.25, 0.3) is 0 Å². The summed E-state index contributed by atoms with van der Waals surface area (Å²) in [6.07, 6.45) is -0.0132. The molecule has 0 aliphatic carbocycles. The van der Waals surface area contributed by atoms with E-state index in [2.05, 4.69) is 14.8 Å². The van der Waals surface area contributed by atoms with Gasteiger partial charge in [0.25, 0.3) is 0 Å². The van der Waals surface area contributed by atoms with Gasteiger partial charge in [-0.1, -0.05) is 6.07 Å². The van der Waals surface area contributed by atoms with E-state index in [0.29, 0.717) is 38.9 Å². The lowest BCUT2D eigenvalue weighted by molar-refractivity contribution is -0.141. The molecule has 2 amide bonds. The van der Waals surface area contributed by atoms with E-state index in [4.69, 9.17) is 4.74 Å². The zero-order valence-electron chi connectivity index (χ0n) is 18.4. The smallest absolute Gasteiger partial charge is 0.378 e. The normalized spacial score (nSPS) is 22.7. The maximum Gasteiger partial charge on any atom is 0.433 e. The number of piperidine rings is 1. The quantitative estimate of drug-likeness (QED) is 0.701. The number of likely N-dealkylation sites (tertiary alicyclic amines) is 1. The largest absolute Gasteiger partial charge is 0.433 e. The van der Waals surface area contributed by atoms with Crippen molar-refractivity contribution in [1.29, 1.82) is 0 Å². The summed E-state index contributed by atoms with van der Waals surface area (Å²) in [5.74, 6) is 0. The molecule has 0 radical (unpaired) electrons. The molecule has 3 aliphatic heterocycles. The van der Waals surface area contributed by atoms with Gasteiger partial charge in [0.2, 0.25) is 0 Å². The molecule has 1 aromatic heterocycles. The number of morpholine rings is 1. The summed E-state index contributed by atoms with van der Waals surface area (Å²) in [5, 5.41) is 0. The summed E-state index contributed by atoms with van der Waals surface area (Å²) in [6.45, 7) is 8.48. The van der Waals surface area contributed by atoms with Crippen molar-refractivity contribution in [3.05, 3.63) is 29.6 Å². The number of halogens is 3. The highest BCUT2D eigenvalue weighted by molar-refractivity contribution is 5.74. The number of urea groups is 1. The minimum Gasteiger partial charge on any atom is -0.378 e. The number of nitrogens with zero attached hydrogens (tertiary/aromatic N) is 5. The van der Waals surface area contributed by atoms with E-state index < -0.39 is 11.9 Å². The lowest BCUT2D eigenvalue weighted by Gasteiger charge is -2.38. The zero-order valence-corrected chi connectivity index (χ0v) is 18.4. The van der Waals surface area contributed by atoms with E-state index >= 15 is 0 Å². The topological polar surface area (TPSA) is 52.2 Å². The summed E-state index contributed by atoms with van der Waals surface area (Å²) < 4.78 is 43.4. The molecule has 0 atom stereocenters. The Morgan fingerprint density at radius 3 is 2.34 bits per heavy atom. The van der Waals surface area contributed by atoms with Crippen LogP contribution in [-0.4, -0.2) is 102 Å². The van der Waals surface area contributed by atoms with Crippen molar-refractivity contribution in [2.75, 3.05) is 65.6 Å². The standard InChI is InChI=1S/C22H32F3N5O2/c23-22(24,25)20-3-2-18(16-26-20)17-27-8-4-19(5-9-27)28-6-1-7-29(11-10-28)21(31)30-12-14-32-15-13-30/h2-3,16,19H,1,4-15,17H2. The molecular formula is C22H32F3N5O2. The van der Waals surface area contributed by atoms with Gasteiger partial charge in [-0.2, -0.15) is 13.2 Å². The van der Waals surface area contributed by atoms with E-state index in [1.165, 1.54) is 12.3 Å². The van der Waals surface area contributed by atoms with Crippen LogP contribution in [0.2, 0.25) is 0 Å². The van der Waals surface area contributed by atoms with Crippen molar-refractivity contribution in [3.8, 4) is 0 Å². The molecule has 0 unspecified atom stereocenters.